The van der Waals surface area contributed by atoms with Gasteiger partial charge in [-0.05, 0) is 17.7 Å². The molecule has 2 aromatic carbocycles. The number of rotatable bonds is 3. The second kappa shape index (κ2) is 5.45. The number of amides is 2. The van der Waals surface area contributed by atoms with Crippen LogP contribution < -0.4 is 0 Å². The Balaban J connectivity index is 1.58. The molecule has 0 radical (unpaired) electrons. The minimum Gasteiger partial charge on any atom is -0.334 e. The molecule has 2 amide bonds. The van der Waals surface area contributed by atoms with Crippen molar-refractivity contribution in [3.8, 4) is 11.4 Å². The Morgan fingerprint density at radius 2 is 1.54 bits per heavy atom. The molecule has 0 N–H and O–H groups in total. The highest BCUT2D eigenvalue weighted by molar-refractivity contribution is 6.21. The van der Waals surface area contributed by atoms with Crippen molar-refractivity contribution in [1.29, 1.82) is 0 Å². The zero-order valence-corrected chi connectivity index (χ0v) is 13.1. The van der Waals surface area contributed by atoms with E-state index in [4.69, 9.17) is 0 Å². The number of imidazole rings is 1. The summed E-state index contributed by atoms with van der Waals surface area (Å²) in [6, 6.07) is 14.7. The van der Waals surface area contributed by atoms with E-state index in [1.165, 1.54) is 4.90 Å². The number of hydrogen-bond acceptors (Lipinski definition) is 3. The van der Waals surface area contributed by atoms with Crippen LogP contribution >= 0.6 is 0 Å². The molecule has 0 saturated carbocycles. The first kappa shape index (κ1) is 14.4. The largest absolute Gasteiger partial charge is 0.334 e. The highest BCUT2D eigenvalue weighted by Crippen LogP contribution is 2.25. The number of hydrogen-bond donors (Lipinski definition) is 0. The summed E-state index contributed by atoms with van der Waals surface area (Å²) in [7, 11) is 1.94. The normalized spacial score (nSPS) is 13.5. The molecular weight excluding hydrogens is 302 g/mol. The van der Waals surface area contributed by atoms with Crippen LogP contribution in [0.2, 0.25) is 0 Å². The highest BCUT2D eigenvalue weighted by atomic mass is 16.2. The molecule has 0 atom stereocenters. The molecule has 0 bridgehead atoms. The first-order valence-corrected chi connectivity index (χ1v) is 7.67. The molecule has 1 aromatic heterocycles. The molecule has 0 aliphatic carbocycles. The lowest BCUT2D eigenvalue weighted by Gasteiger charge is -2.14. The Bertz CT molecular complexity index is 906. The van der Waals surface area contributed by atoms with Gasteiger partial charge in [0.1, 0.15) is 5.82 Å². The molecule has 5 heteroatoms. The fraction of sp³-hybridized carbons (Fsp3) is 0.105. The van der Waals surface area contributed by atoms with E-state index in [-0.39, 0.29) is 18.4 Å². The van der Waals surface area contributed by atoms with Crippen LogP contribution in [0.3, 0.4) is 0 Å². The molecule has 1 aliphatic rings. The third-order valence-electron chi connectivity index (χ3n) is 4.25. The summed E-state index contributed by atoms with van der Waals surface area (Å²) in [5, 5.41) is 0. The summed E-state index contributed by atoms with van der Waals surface area (Å²) in [4.78, 5) is 30.4. The van der Waals surface area contributed by atoms with E-state index < -0.39 is 0 Å². The first-order chi connectivity index (χ1) is 11.6. The molecule has 118 valence electrons. The summed E-state index contributed by atoms with van der Waals surface area (Å²) >= 11 is 0. The molecule has 0 fully saturated rings. The number of carbonyl (C=O) groups excluding carboxylic acids is 2. The van der Waals surface area contributed by atoms with Crippen LogP contribution in [0.4, 0.5) is 0 Å². The Kier molecular flexibility index (Phi) is 3.27. The van der Waals surface area contributed by atoms with E-state index in [0.29, 0.717) is 11.1 Å². The van der Waals surface area contributed by atoms with Gasteiger partial charge in [0, 0.05) is 25.0 Å². The minimum atomic E-state index is -0.233. The third kappa shape index (κ3) is 2.22. The summed E-state index contributed by atoms with van der Waals surface area (Å²) < 4.78 is 1.94. The van der Waals surface area contributed by atoms with Crippen molar-refractivity contribution in [3.05, 3.63) is 77.6 Å². The number of carbonyl (C=O) groups is 2. The molecule has 0 saturated heterocycles. The quantitative estimate of drug-likeness (QED) is 0.698. The van der Waals surface area contributed by atoms with Crippen molar-refractivity contribution in [2.75, 3.05) is 0 Å². The molecule has 4 rings (SSSR count). The maximum Gasteiger partial charge on any atom is 0.261 e. The van der Waals surface area contributed by atoms with Gasteiger partial charge >= 0.3 is 0 Å². The van der Waals surface area contributed by atoms with E-state index in [0.717, 1.165) is 17.0 Å². The average Bonchev–Trinajstić information content (AvgIpc) is 3.13. The van der Waals surface area contributed by atoms with Crippen LogP contribution in [-0.4, -0.2) is 26.3 Å². The van der Waals surface area contributed by atoms with E-state index in [2.05, 4.69) is 4.98 Å². The van der Waals surface area contributed by atoms with Crippen molar-refractivity contribution in [1.82, 2.24) is 14.5 Å². The van der Waals surface area contributed by atoms with Crippen LogP contribution in [0, 0.1) is 0 Å². The average molecular weight is 317 g/mol. The molecule has 2 heterocycles. The van der Waals surface area contributed by atoms with Gasteiger partial charge in [0.2, 0.25) is 0 Å². The number of fused-ring (bicyclic) bond motifs is 1. The van der Waals surface area contributed by atoms with Crippen LogP contribution in [0.5, 0.6) is 0 Å². The second-order valence-electron chi connectivity index (χ2n) is 5.80. The topological polar surface area (TPSA) is 55.2 Å². The number of benzene rings is 2. The number of imide groups is 1. The lowest BCUT2D eigenvalue weighted by Crippen LogP contribution is -2.29. The molecule has 1 aliphatic heterocycles. The van der Waals surface area contributed by atoms with Gasteiger partial charge in [0.15, 0.2) is 0 Å². The van der Waals surface area contributed by atoms with Gasteiger partial charge < -0.3 is 4.57 Å². The first-order valence-electron chi connectivity index (χ1n) is 7.67. The smallest absolute Gasteiger partial charge is 0.261 e. The summed E-state index contributed by atoms with van der Waals surface area (Å²) in [6.07, 6.45) is 3.64. The van der Waals surface area contributed by atoms with Crippen molar-refractivity contribution in [2.24, 2.45) is 7.05 Å². The van der Waals surface area contributed by atoms with Gasteiger partial charge in [0.05, 0.1) is 17.7 Å². The third-order valence-corrected chi connectivity index (χ3v) is 4.25. The van der Waals surface area contributed by atoms with Gasteiger partial charge in [-0.1, -0.05) is 36.4 Å². The summed E-state index contributed by atoms with van der Waals surface area (Å²) in [5.41, 5.74) is 2.86. The number of nitrogens with zero attached hydrogens (tertiary/aromatic N) is 3. The van der Waals surface area contributed by atoms with Gasteiger partial charge in [0.25, 0.3) is 11.8 Å². The Morgan fingerprint density at radius 1 is 0.917 bits per heavy atom. The van der Waals surface area contributed by atoms with E-state index >= 15 is 0 Å². The predicted octanol–water partition coefficient (Wildman–Crippen LogP) is 2.88. The minimum absolute atomic E-state index is 0.233. The number of aromatic nitrogens is 2. The van der Waals surface area contributed by atoms with Gasteiger partial charge in [-0.3, -0.25) is 14.5 Å². The Morgan fingerprint density at radius 3 is 2.08 bits per heavy atom. The van der Waals surface area contributed by atoms with Crippen LogP contribution in [0.1, 0.15) is 26.3 Å². The monoisotopic (exact) mass is 317 g/mol. The molecule has 0 unspecified atom stereocenters. The Hall–Kier alpha value is -3.21. The van der Waals surface area contributed by atoms with Crippen LogP contribution in [-0.2, 0) is 13.6 Å². The predicted molar refractivity (Wildman–Crippen MR) is 89.3 cm³/mol. The zero-order chi connectivity index (χ0) is 16.7. The van der Waals surface area contributed by atoms with Crippen molar-refractivity contribution < 1.29 is 9.59 Å². The highest BCUT2D eigenvalue weighted by Gasteiger charge is 2.34. The van der Waals surface area contributed by atoms with Crippen LogP contribution in [0.25, 0.3) is 11.4 Å². The van der Waals surface area contributed by atoms with E-state index in [9.17, 15) is 9.59 Å². The molecular formula is C19H15N3O2. The van der Waals surface area contributed by atoms with Gasteiger partial charge in [-0.25, -0.2) is 4.98 Å². The standard InChI is InChI=1S/C19H15N3O2/c1-21-11-10-20-17(21)14-8-6-13(7-9-14)12-22-18(23)15-4-2-3-5-16(15)19(22)24/h2-11H,12H2,1H3. The molecule has 3 aromatic rings. The SMILES string of the molecule is Cn1ccnc1-c1ccc(CN2C(=O)c3ccccc3C2=O)cc1. The van der Waals surface area contributed by atoms with Crippen molar-refractivity contribution in [2.45, 2.75) is 6.54 Å². The molecule has 0 spiro atoms. The van der Waals surface area contributed by atoms with Crippen LogP contribution in [0.15, 0.2) is 60.9 Å². The summed E-state index contributed by atoms with van der Waals surface area (Å²) in [6.45, 7) is 0.271. The maximum atomic E-state index is 12.4. The molecule has 24 heavy (non-hydrogen) atoms. The number of aryl methyl sites for hydroxylation is 1. The molecule has 5 nitrogen and oxygen atoms in total. The lowest BCUT2D eigenvalue weighted by atomic mass is 10.1. The van der Waals surface area contributed by atoms with E-state index in [1.807, 2.05) is 42.1 Å². The van der Waals surface area contributed by atoms with Gasteiger partial charge in [-0.2, -0.15) is 0 Å². The fourth-order valence-corrected chi connectivity index (χ4v) is 2.97. The second-order valence-corrected chi connectivity index (χ2v) is 5.80. The summed E-state index contributed by atoms with van der Waals surface area (Å²) in [5.74, 6) is 0.412. The van der Waals surface area contributed by atoms with Gasteiger partial charge in [-0.15, -0.1) is 0 Å². The van der Waals surface area contributed by atoms with Crippen molar-refractivity contribution >= 4 is 11.8 Å². The maximum absolute atomic E-state index is 12.4. The van der Waals surface area contributed by atoms with Crippen molar-refractivity contribution in [3.63, 3.8) is 0 Å². The Labute approximate surface area is 139 Å². The van der Waals surface area contributed by atoms with E-state index in [1.54, 1.807) is 30.5 Å². The lowest BCUT2D eigenvalue weighted by molar-refractivity contribution is 0.0642. The fourth-order valence-electron chi connectivity index (χ4n) is 2.97. The zero-order valence-electron chi connectivity index (χ0n) is 13.1.